The van der Waals surface area contributed by atoms with Gasteiger partial charge in [-0.15, -0.1) is 0 Å². The second-order valence-corrected chi connectivity index (χ2v) is 3.94. The van der Waals surface area contributed by atoms with E-state index in [1.54, 1.807) is 0 Å². The van der Waals surface area contributed by atoms with Crippen LogP contribution in [0.1, 0.15) is 20.7 Å². The van der Waals surface area contributed by atoms with Crippen molar-refractivity contribution in [2.75, 3.05) is 20.8 Å². The zero-order chi connectivity index (χ0) is 16.0. The summed E-state index contributed by atoms with van der Waals surface area (Å²) >= 11 is 0. The maximum atomic E-state index is 11.9. The lowest BCUT2D eigenvalue weighted by atomic mass is 10.1. The Kier molecular flexibility index (Phi) is 5.76. The minimum atomic E-state index is -1.36. The van der Waals surface area contributed by atoms with Crippen molar-refractivity contribution in [3.05, 3.63) is 39.4 Å². The Balaban J connectivity index is 2.97. The number of hydrogen-bond acceptors (Lipinski definition) is 6. The highest BCUT2D eigenvalue weighted by atomic mass is 16.7. The highest BCUT2D eigenvalue weighted by molar-refractivity contribution is 5.98. The topological polar surface area (TPSA) is 128 Å². The van der Waals surface area contributed by atoms with Crippen LogP contribution in [0, 0.1) is 10.1 Å². The van der Waals surface area contributed by atoms with Gasteiger partial charge >= 0.3 is 5.97 Å². The van der Waals surface area contributed by atoms with Gasteiger partial charge in [-0.2, -0.15) is 0 Å². The van der Waals surface area contributed by atoms with Gasteiger partial charge in [-0.05, 0) is 6.07 Å². The first-order valence-electron chi connectivity index (χ1n) is 5.75. The molecule has 1 rings (SSSR count). The zero-order valence-corrected chi connectivity index (χ0v) is 11.4. The second-order valence-electron chi connectivity index (χ2n) is 3.94. The van der Waals surface area contributed by atoms with Crippen molar-refractivity contribution < 1.29 is 29.1 Å². The van der Waals surface area contributed by atoms with Gasteiger partial charge in [-0.3, -0.25) is 14.9 Å². The number of carbonyl (C=O) groups is 2. The van der Waals surface area contributed by atoms with Gasteiger partial charge in [-0.1, -0.05) is 0 Å². The van der Waals surface area contributed by atoms with Crippen LogP contribution in [-0.4, -0.2) is 49.0 Å². The molecule has 2 N–H and O–H groups in total. The van der Waals surface area contributed by atoms with Gasteiger partial charge < -0.3 is 19.9 Å². The van der Waals surface area contributed by atoms with Crippen LogP contribution in [0.5, 0.6) is 0 Å². The molecule has 9 nitrogen and oxygen atoms in total. The van der Waals surface area contributed by atoms with E-state index in [4.69, 9.17) is 14.6 Å². The molecule has 0 saturated heterocycles. The number of aromatic carboxylic acids is 1. The van der Waals surface area contributed by atoms with Crippen LogP contribution in [0.2, 0.25) is 0 Å². The van der Waals surface area contributed by atoms with Gasteiger partial charge in [0.05, 0.1) is 17.0 Å². The summed E-state index contributed by atoms with van der Waals surface area (Å²) < 4.78 is 9.74. The molecule has 0 unspecified atom stereocenters. The van der Waals surface area contributed by atoms with Crippen LogP contribution in [0.3, 0.4) is 0 Å². The Hall–Kier alpha value is -2.52. The first-order chi connectivity index (χ1) is 9.88. The fourth-order valence-electron chi connectivity index (χ4n) is 1.51. The van der Waals surface area contributed by atoms with Crippen molar-refractivity contribution in [2.24, 2.45) is 0 Å². The standard InChI is InChI=1S/C12H14N2O7/c1-20-10(21-2)6-13-11(15)7-3-8(12(16)17)5-9(4-7)14(18)19/h3-5,10H,6H2,1-2H3,(H,13,15)(H,16,17). The highest BCUT2D eigenvalue weighted by Crippen LogP contribution is 2.17. The van der Waals surface area contributed by atoms with Gasteiger partial charge in [0.1, 0.15) is 0 Å². The van der Waals surface area contributed by atoms with Crippen LogP contribution in [0.4, 0.5) is 5.69 Å². The van der Waals surface area contributed by atoms with Crippen molar-refractivity contribution in [2.45, 2.75) is 6.29 Å². The molecule has 1 aromatic carbocycles. The SMILES string of the molecule is COC(CNC(=O)c1cc(C(=O)O)cc([N+](=O)[O-])c1)OC. The first kappa shape index (κ1) is 16.5. The Bertz CT molecular complexity index is 522. The normalized spacial score (nSPS) is 10.4. The summed E-state index contributed by atoms with van der Waals surface area (Å²) in [4.78, 5) is 32.8. The van der Waals surface area contributed by atoms with Crippen LogP contribution < -0.4 is 5.32 Å². The van der Waals surface area contributed by atoms with E-state index in [0.717, 1.165) is 18.2 Å². The highest BCUT2D eigenvalue weighted by Gasteiger charge is 2.18. The number of non-ortho nitro benzene ring substituents is 1. The zero-order valence-electron chi connectivity index (χ0n) is 11.4. The molecule has 0 fully saturated rings. The molecular weight excluding hydrogens is 284 g/mol. The van der Waals surface area contributed by atoms with Crippen LogP contribution in [-0.2, 0) is 9.47 Å². The Labute approximate surface area is 119 Å². The third kappa shape index (κ3) is 4.51. The van der Waals surface area contributed by atoms with Crippen molar-refractivity contribution in [1.29, 1.82) is 0 Å². The summed E-state index contributed by atoms with van der Waals surface area (Å²) in [5.41, 5.74) is -0.952. The third-order valence-corrected chi connectivity index (χ3v) is 2.59. The van der Waals surface area contributed by atoms with Crippen LogP contribution in [0.25, 0.3) is 0 Å². The van der Waals surface area contributed by atoms with E-state index < -0.39 is 28.8 Å². The molecule has 0 aromatic heterocycles. The molecule has 0 radical (unpaired) electrons. The first-order valence-corrected chi connectivity index (χ1v) is 5.75. The number of methoxy groups -OCH3 is 2. The fourth-order valence-corrected chi connectivity index (χ4v) is 1.51. The number of carbonyl (C=O) groups excluding carboxylic acids is 1. The van der Waals surface area contributed by atoms with Crippen LogP contribution in [0.15, 0.2) is 18.2 Å². The number of carboxylic acids is 1. The van der Waals surface area contributed by atoms with E-state index in [0.29, 0.717) is 0 Å². The summed E-state index contributed by atoms with van der Waals surface area (Å²) in [5.74, 6) is -2.03. The van der Waals surface area contributed by atoms with Crippen molar-refractivity contribution >= 4 is 17.6 Å². The molecule has 9 heteroatoms. The minimum absolute atomic E-state index is 0.0108. The molecule has 114 valence electrons. The average Bonchev–Trinajstić information content (AvgIpc) is 2.47. The molecule has 0 heterocycles. The lowest BCUT2D eigenvalue weighted by molar-refractivity contribution is -0.384. The van der Waals surface area contributed by atoms with Gasteiger partial charge in [-0.25, -0.2) is 4.79 Å². The minimum Gasteiger partial charge on any atom is -0.478 e. The molecule has 0 aliphatic rings. The molecule has 0 atom stereocenters. The van der Waals surface area contributed by atoms with E-state index in [9.17, 15) is 19.7 Å². The van der Waals surface area contributed by atoms with E-state index >= 15 is 0 Å². The van der Waals surface area contributed by atoms with E-state index in [-0.39, 0.29) is 17.7 Å². The van der Waals surface area contributed by atoms with Crippen molar-refractivity contribution in [1.82, 2.24) is 5.32 Å². The molecule has 0 saturated carbocycles. The third-order valence-electron chi connectivity index (χ3n) is 2.59. The number of nitrogens with zero attached hydrogens (tertiary/aromatic N) is 1. The summed E-state index contributed by atoms with van der Waals surface area (Å²) in [7, 11) is 2.77. The molecule has 0 aliphatic heterocycles. The fraction of sp³-hybridized carbons (Fsp3) is 0.333. The number of nitro benzene ring substituents is 1. The number of nitrogens with one attached hydrogen (secondary N) is 1. The molecule has 0 bridgehead atoms. The maximum absolute atomic E-state index is 11.9. The Morgan fingerprint density at radius 1 is 1.29 bits per heavy atom. The molecule has 21 heavy (non-hydrogen) atoms. The Morgan fingerprint density at radius 2 is 1.86 bits per heavy atom. The number of benzene rings is 1. The van der Waals surface area contributed by atoms with Gasteiger partial charge in [0.15, 0.2) is 6.29 Å². The monoisotopic (exact) mass is 298 g/mol. The molecular formula is C12H14N2O7. The molecule has 0 aliphatic carbocycles. The van der Waals surface area contributed by atoms with Gasteiger partial charge in [0, 0.05) is 31.9 Å². The number of ether oxygens (including phenoxy) is 2. The summed E-state index contributed by atoms with van der Waals surface area (Å²) in [5, 5.41) is 22.1. The second kappa shape index (κ2) is 7.31. The summed E-state index contributed by atoms with van der Waals surface area (Å²) in [6.07, 6.45) is -0.674. The molecule has 0 spiro atoms. The Morgan fingerprint density at radius 3 is 2.33 bits per heavy atom. The number of hydrogen-bond donors (Lipinski definition) is 2. The summed E-state index contributed by atoms with van der Waals surface area (Å²) in [6.45, 7) is 0.0108. The average molecular weight is 298 g/mol. The van der Waals surface area contributed by atoms with E-state index in [1.807, 2.05) is 0 Å². The van der Waals surface area contributed by atoms with Crippen molar-refractivity contribution in [3.63, 3.8) is 0 Å². The number of nitro groups is 1. The smallest absolute Gasteiger partial charge is 0.335 e. The largest absolute Gasteiger partial charge is 0.478 e. The predicted octanol–water partition coefficient (Wildman–Crippen LogP) is 0.642. The number of rotatable bonds is 7. The lowest BCUT2D eigenvalue weighted by Crippen LogP contribution is -2.34. The van der Waals surface area contributed by atoms with E-state index in [1.165, 1.54) is 14.2 Å². The maximum Gasteiger partial charge on any atom is 0.335 e. The lowest BCUT2D eigenvalue weighted by Gasteiger charge is -2.14. The number of amides is 1. The van der Waals surface area contributed by atoms with Gasteiger partial charge in [0.2, 0.25) is 0 Å². The molecule has 1 aromatic rings. The summed E-state index contributed by atoms with van der Waals surface area (Å²) in [6, 6.07) is 2.93. The predicted molar refractivity (Wildman–Crippen MR) is 70.2 cm³/mol. The van der Waals surface area contributed by atoms with Crippen LogP contribution >= 0.6 is 0 Å². The van der Waals surface area contributed by atoms with Gasteiger partial charge in [0.25, 0.3) is 11.6 Å². The quantitative estimate of drug-likeness (QED) is 0.429. The molecule has 1 amide bonds. The van der Waals surface area contributed by atoms with E-state index in [2.05, 4.69) is 5.32 Å². The van der Waals surface area contributed by atoms with Crippen molar-refractivity contribution in [3.8, 4) is 0 Å². The number of carboxylic acid groups (broad SMARTS) is 1.